The van der Waals surface area contributed by atoms with E-state index in [1.807, 2.05) is 46.4 Å². The maximum Gasteiger partial charge on any atom is 0.324 e. The molecule has 8 rings (SSSR count). The van der Waals surface area contributed by atoms with Crippen molar-refractivity contribution in [3.8, 4) is 22.5 Å². The number of ether oxygens (including phenoxy) is 2. The smallest absolute Gasteiger partial charge is 0.324 e. The minimum absolute atomic E-state index is 0.108. The third kappa shape index (κ3) is 10.5. The second-order valence-electron chi connectivity index (χ2n) is 20.9. The largest absolute Gasteiger partial charge is 0.464 e. The number of likely N-dealkylation sites (N-methyl/N-ethyl adjacent to an activating group) is 3. The van der Waals surface area contributed by atoms with Gasteiger partial charge in [-0.05, 0) is 83.9 Å². The first-order valence-corrected chi connectivity index (χ1v) is 25.5. The Bertz CT molecular complexity index is 2530. The van der Waals surface area contributed by atoms with Crippen LogP contribution in [0.15, 0.2) is 35.8 Å². The molecule has 0 aliphatic carbocycles. The summed E-state index contributed by atoms with van der Waals surface area (Å²) in [6, 6.07) is 6.15. The van der Waals surface area contributed by atoms with Gasteiger partial charge in [0.15, 0.2) is 0 Å². The number of hydrogen-bond acceptors (Lipinski definition) is 13. The van der Waals surface area contributed by atoms with Crippen LogP contribution in [0.2, 0.25) is 0 Å². The fourth-order valence-corrected chi connectivity index (χ4v) is 11.2. The van der Waals surface area contributed by atoms with Crippen molar-refractivity contribution in [1.29, 1.82) is 0 Å². The summed E-state index contributed by atoms with van der Waals surface area (Å²) in [5, 5.41) is 8.26. The monoisotopic (exact) mass is 968 g/mol. The highest BCUT2D eigenvalue weighted by Crippen LogP contribution is 2.43. The molecule has 0 saturated carbocycles. The molecule has 4 aliphatic rings. The molecule has 3 aromatic heterocycles. The molecule has 374 valence electrons. The number of carbonyl (C=O) groups is 4. The molecular weight excluding hydrogens is 895 g/mol. The fourth-order valence-electron chi connectivity index (χ4n) is 10.3. The highest BCUT2D eigenvalue weighted by atomic mass is 32.1. The summed E-state index contributed by atoms with van der Waals surface area (Å²) >= 11 is 1.44. The molecule has 18 heteroatoms. The lowest BCUT2D eigenvalue weighted by molar-refractivity contribution is -0.155. The number of piperazine rings is 1. The number of benzene rings is 1. The van der Waals surface area contributed by atoms with Crippen molar-refractivity contribution in [2.75, 3.05) is 92.6 Å². The third-order valence-electron chi connectivity index (χ3n) is 14.6. The zero-order valence-corrected chi connectivity index (χ0v) is 43.3. The van der Waals surface area contributed by atoms with Crippen molar-refractivity contribution in [1.82, 2.24) is 49.9 Å². The maximum absolute atomic E-state index is 14.7. The first-order chi connectivity index (χ1) is 32.9. The molecule has 4 atom stereocenters. The van der Waals surface area contributed by atoms with Gasteiger partial charge in [-0.15, -0.1) is 11.3 Å². The second-order valence-corrected chi connectivity index (χ2v) is 21.8. The molecule has 6 bridgehead atoms. The maximum atomic E-state index is 14.7. The topological polar surface area (TPSA) is 161 Å². The Labute approximate surface area is 411 Å². The van der Waals surface area contributed by atoms with Gasteiger partial charge in [-0.1, -0.05) is 33.8 Å². The number of pyridine rings is 1. The highest BCUT2D eigenvalue weighted by Gasteiger charge is 2.41. The number of nitrogens with zero attached hydrogens (tertiary/aromatic N) is 9. The normalized spacial score (nSPS) is 21.6. The van der Waals surface area contributed by atoms with Crippen LogP contribution in [0.4, 0.5) is 10.5 Å². The predicted octanol–water partition coefficient (Wildman–Crippen LogP) is 5.28. The van der Waals surface area contributed by atoms with Crippen molar-refractivity contribution in [3.05, 3.63) is 52.1 Å². The average Bonchev–Trinajstić information content (AvgIpc) is 3.90. The number of rotatable bonds is 10. The van der Waals surface area contributed by atoms with E-state index in [4.69, 9.17) is 19.4 Å². The summed E-state index contributed by atoms with van der Waals surface area (Å²) in [5.74, 6) is -1.51. The molecule has 17 nitrogen and oxygen atoms in total. The first kappa shape index (κ1) is 50.3. The van der Waals surface area contributed by atoms with Crippen LogP contribution in [-0.2, 0) is 43.2 Å². The minimum atomic E-state index is -1.04. The van der Waals surface area contributed by atoms with Gasteiger partial charge >= 0.3 is 12.0 Å². The Balaban J connectivity index is 1.19. The van der Waals surface area contributed by atoms with Gasteiger partial charge in [0.2, 0.25) is 5.91 Å². The summed E-state index contributed by atoms with van der Waals surface area (Å²) < 4.78 is 14.6. The number of anilines is 1. The summed E-state index contributed by atoms with van der Waals surface area (Å²) in [7, 11) is 9.51. The number of cyclic esters (lactones) is 1. The fraction of sp³-hybridized carbons (Fsp3) is 0.608. The van der Waals surface area contributed by atoms with Crippen LogP contribution in [0.5, 0.6) is 0 Å². The average molecular weight is 968 g/mol. The zero-order chi connectivity index (χ0) is 49.5. The molecular formula is C51H73N11O6S. The number of methoxy groups -OCH3 is 1. The van der Waals surface area contributed by atoms with Crippen LogP contribution in [0.25, 0.3) is 33.4 Å². The van der Waals surface area contributed by atoms with E-state index in [-0.39, 0.29) is 43.0 Å². The summed E-state index contributed by atoms with van der Waals surface area (Å²) in [6.45, 7) is 18.3. The molecule has 1 unspecified atom stereocenters. The number of amides is 4. The number of likely N-dealkylation sites (tertiary alicyclic amines) is 1. The van der Waals surface area contributed by atoms with E-state index in [1.165, 1.54) is 21.2 Å². The molecule has 4 aliphatic heterocycles. The van der Waals surface area contributed by atoms with E-state index in [2.05, 4.69) is 82.1 Å². The lowest BCUT2D eigenvalue weighted by Crippen LogP contribution is -2.65. The van der Waals surface area contributed by atoms with Gasteiger partial charge in [0.05, 0.1) is 46.7 Å². The predicted molar refractivity (Wildman–Crippen MR) is 270 cm³/mol. The van der Waals surface area contributed by atoms with E-state index >= 15 is 0 Å². The number of aryl methyl sites for hydroxylation is 1. The number of esters is 1. The number of hydrogen-bond donors (Lipinski definition) is 2. The van der Waals surface area contributed by atoms with Crippen LogP contribution in [0, 0.1) is 11.3 Å². The lowest BCUT2D eigenvalue weighted by atomic mass is 9.84. The zero-order valence-electron chi connectivity index (χ0n) is 42.5. The van der Waals surface area contributed by atoms with E-state index in [9.17, 15) is 19.2 Å². The molecule has 69 heavy (non-hydrogen) atoms. The Morgan fingerprint density at radius 2 is 1.80 bits per heavy atom. The Morgan fingerprint density at radius 1 is 1.06 bits per heavy atom. The van der Waals surface area contributed by atoms with Gasteiger partial charge < -0.3 is 43.9 Å². The molecule has 7 heterocycles. The van der Waals surface area contributed by atoms with Crippen molar-refractivity contribution in [3.63, 3.8) is 0 Å². The molecule has 2 N–H and O–H groups in total. The van der Waals surface area contributed by atoms with Crippen LogP contribution in [0.3, 0.4) is 0 Å². The molecule has 1 aromatic carbocycles. The quantitative estimate of drug-likeness (QED) is 0.199. The van der Waals surface area contributed by atoms with E-state index in [1.54, 1.807) is 19.1 Å². The first-order valence-electron chi connectivity index (χ1n) is 24.7. The molecule has 0 radical (unpaired) electrons. The van der Waals surface area contributed by atoms with Gasteiger partial charge in [0, 0.05) is 112 Å². The molecule has 3 saturated heterocycles. The van der Waals surface area contributed by atoms with Crippen molar-refractivity contribution in [2.45, 2.75) is 104 Å². The van der Waals surface area contributed by atoms with Gasteiger partial charge in [-0.25, -0.2) is 15.2 Å². The van der Waals surface area contributed by atoms with Crippen LogP contribution >= 0.6 is 11.3 Å². The Hall–Kier alpha value is -5.14. The van der Waals surface area contributed by atoms with Gasteiger partial charge in [-0.2, -0.15) is 0 Å². The van der Waals surface area contributed by atoms with Crippen LogP contribution in [0.1, 0.15) is 76.8 Å². The van der Waals surface area contributed by atoms with Crippen LogP contribution in [-0.4, -0.2) is 175 Å². The van der Waals surface area contributed by atoms with Gasteiger partial charge in [-0.3, -0.25) is 24.4 Å². The number of thiazole rings is 1. The SMILES string of the molecule is CCn1c(-c2cc(N3CCN(C)CC3)cnc2[C@H](C)OC)c2c3cc(ccc31)-c1csc(n1)C[C@H](NC(=O)C(C(C)C)N(C)C(=O)N1CC(N(C)C)C1)C(=O)N1CCC[C@H](N1)C(=O)OCC(C)(C)C2. The summed E-state index contributed by atoms with van der Waals surface area (Å²) in [5.41, 5.74) is 10.5. The van der Waals surface area contributed by atoms with Gasteiger partial charge in [0.25, 0.3) is 5.91 Å². The van der Waals surface area contributed by atoms with E-state index in [0.29, 0.717) is 50.4 Å². The standard InChI is InChI=1S/C51H73N11O6S/c1-12-61-42-16-15-33-22-36(42)38(46(61)37-23-34(26-52-44(37)32(4)67-11)59-20-18-57(9)19-21-59)25-51(5,6)30-68-49(65)39-14-13-17-62(55-39)48(64)40(24-43-53-41(33)29-69-43)54-47(63)45(31(2)3)58(10)50(66)60-27-35(28-60)56(7)8/h15-16,22-23,26,29,31-32,35,39-40,45,55H,12-14,17-21,24-25,27-28,30H2,1-11H3,(H,54,63)/t32-,39-,40-,45?/m0/s1. The lowest BCUT2D eigenvalue weighted by Gasteiger charge is -2.45. The second kappa shape index (κ2) is 20.7. The third-order valence-corrected chi connectivity index (χ3v) is 15.4. The number of nitrogens with one attached hydrogen (secondary N) is 2. The molecule has 4 aromatic rings. The number of urea groups is 1. The van der Waals surface area contributed by atoms with Crippen LogP contribution < -0.4 is 15.6 Å². The van der Waals surface area contributed by atoms with E-state index < -0.39 is 35.4 Å². The van der Waals surface area contributed by atoms with Gasteiger partial charge in [0.1, 0.15) is 18.1 Å². The molecule has 0 spiro atoms. The summed E-state index contributed by atoms with van der Waals surface area (Å²) in [4.78, 5) is 77.2. The van der Waals surface area contributed by atoms with Crippen molar-refractivity contribution >= 4 is 51.7 Å². The number of aromatic nitrogens is 3. The Kier molecular flexibility index (Phi) is 15.1. The highest BCUT2D eigenvalue weighted by molar-refractivity contribution is 7.10. The van der Waals surface area contributed by atoms with E-state index in [0.717, 1.165) is 76.5 Å². The Morgan fingerprint density at radius 3 is 2.48 bits per heavy atom. The van der Waals surface area contributed by atoms with Crippen molar-refractivity contribution in [2.24, 2.45) is 11.3 Å². The number of fused-ring (bicyclic) bond motifs is 6. The molecule has 3 fully saturated rings. The molecule has 4 amide bonds. The number of carbonyl (C=O) groups excluding carboxylic acids is 4. The number of hydrazine groups is 1. The minimum Gasteiger partial charge on any atom is -0.464 e. The van der Waals surface area contributed by atoms with Crippen molar-refractivity contribution < 1.29 is 28.7 Å². The summed E-state index contributed by atoms with van der Waals surface area (Å²) in [6.07, 6.45) is 3.44.